The lowest BCUT2D eigenvalue weighted by molar-refractivity contribution is -0.136. The molecule has 3 aromatic rings. The zero-order valence-corrected chi connectivity index (χ0v) is 23.9. The Hall–Kier alpha value is -4.47. The van der Waals surface area contributed by atoms with Crippen molar-refractivity contribution in [1.29, 1.82) is 0 Å². The van der Waals surface area contributed by atoms with E-state index in [1.54, 1.807) is 12.1 Å². The summed E-state index contributed by atoms with van der Waals surface area (Å²) in [4.78, 5) is 53.4. The number of nitrogens with one attached hydrogen (secondary N) is 2. The Labute approximate surface area is 249 Å². The number of fused-ring (bicyclic) bond motifs is 1. The first-order chi connectivity index (χ1) is 20.9. The van der Waals surface area contributed by atoms with Crippen molar-refractivity contribution in [3.8, 4) is 11.1 Å². The van der Waals surface area contributed by atoms with Gasteiger partial charge in [0.2, 0.25) is 11.8 Å². The Morgan fingerprint density at radius 3 is 2.47 bits per heavy atom. The lowest BCUT2D eigenvalue weighted by Crippen LogP contribution is -2.54. The highest BCUT2D eigenvalue weighted by Crippen LogP contribution is 2.46. The number of imide groups is 2. The van der Waals surface area contributed by atoms with Gasteiger partial charge in [0.1, 0.15) is 6.04 Å². The molecular weight excluding hydrogens is 544 g/mol. The molecule has 4 heterocycles. The van der Waals surface area contributed by atoms with Gasteiger partial charge in [0.15, 0.2) is 0 Å². The molecule has 4 amide bonds. The fraction of sp³-hybridized carbons (Fsp3) is 0.424. The molecule has 10 nitrogen and oxygen atoms in total. The van der Waals surface area contributed by atoms with Crippen LogP contribution in [0.25, 0.3) is 11.1 Å². The molecule has 2 aromatic carbocycles. The summed E-state index contributed by atoms with van der Waals surface area (Å²) < 4.78 is 2.19. The van der Waals surface area contributed by atoms with E-state index in [9.17, 15) is 19.2 Å². The molecule has 2 saturated carbocycles. The highest BCUT2D eigenvalue weighted by atomic mass is 16.2. The van der Waals surface area contributed by atoms with Gasteiger partial charge in [-0.2, -0.15) is 5.10 Å². The van der Waals surface area contributed by atoms with E-state index in [1.165, 1.54) is 41.8 Å². The summed E-state index contributed by atoms with van der Waals surface area (Å²) in [6, 6.07) is 13.5. The monoisotopic (exact) mass is 578 g/mol. The number of nitrogens with zero attached hydrogens (tertiary/aromatic N) is 4. The van der Waals surface area contributed by atoms with Crippen molar-refractivity contribution in [1.82, 2.24) is 20.0 Å². The summed E-state index contributed by atoms with van der Waals surface area (Å²) in [6.45, 7) is 3.03. The predicted molar refractivity (Wildman–Crippen MR) is 160 cm³/mol. The van der Waals surface area contributed by atoms with Crippen LogP contribution in [0.1, 0.15) is 83.3 Å². The molecule has 1 atom stereocenters. The molecule has 5 aliphatic rings. The van der Waals surface area contributed by atoms with E-state index in [2.05, 4.69) is 50.7 Å². The maximum atomic E-state index is 13.1. The van der Waals surface area contributed by atoms with Crippen LogP contribution in [0.15, 0.2) is 48.7 Å². The molecule has 0 bridgehead atoms. The van der Waals surface area contributed by atoms with Crippen LogP contribution in [0.3, 0.4) is 0 Å². The molecule has 0 spiro atoms. The van der Waals surface area contributed by atoms with Gasteiger partial charge in [-0.1, -0.05) is 12.1 Å². The van der Waals surface area contributed by atoms with Gasteiger partial charge in [0.05, 0.1) is 22.9 Å². The molecule has 8 rings (SSSR count). The fourth-order valence-electron chi connectivity index (χ4n) is 6.84. The quantitative estimate of drug-likeness (QED) is 0.387. The molecule has 43 heavy (non-hydrogen) atoms. The van der Waals surface area contributed by atoms with Crippen LogP contribution in [0.4, 0.5) is 11.4 Å². The summed E-state index contributed by atoms with van der Waals surface area (Å²) in [5.74, 6) is -0.912. The molecular formula is C33H34N6O4. The summed E-state index contributed by atoms with van der Waals surface area (Å²) in [5.41, 5.74) is 6.43. The summed E-state index contributed by atoms with van der Waals surface area (Å²) >= 11 is 0. The van der Waals surface area contributed by atoms with Crippen LogP contribution in [0.5, 0.6) is 0 Å². The summed E-state index contributed by atoms with van der Waals surface area (Å²) in [7, 11) is 0. The van der Waals surface area contributed by atoms with Crippen molar-refractivity contribution < 1.29 is 19.2 Å². The first-order valence-electron chi connectivity index (χ1n) is 15.5. The molecule has 220 valence electrons. The smallest absolute Gasteiger partial charge is 0.262 e. The largest absolute Gasteiger partial charge is 0.385 e. The number of aromatic nitrogens is 2. The van der Waals surface area contributed by atoms with Gasteiger partial charge in [-0.05, 0) is 80.3 Å². The third kappa shape index (κ3) is 4.60. The molecule has 2 N–H and O–H groups in total. The van der Waals surface area contributed by atoms with E-state index in [-0.39, 0.29) is 18.7 Å². The number of anilines is 2. The molecule has 10 heteroatoms. The third-order valence-electron chi connectivity index (χ3n) is 9.72. The van der Waals surface area contributed by atoms with E-state index < -0.39 is 23.8 Å². The number of rotatable bonds is 8. The molecule has 2 saturated heterocycles. The molecule has 1 aromatic heterocycles. The van der Waals surface area contributed by atoms with Gasteiger partial charge >= 0.3 is 0 Å². The standard InChI is InChI=1S/C33H34N6O4/c40-29-10-9-28(31(41)35-29)39-32(42)25-8-7-22(16-26(25)33(39)43)34-17-19-13-24(14-19)38-18-27(30(36-38)20-5-6-20)21-3-1-4-23(15-21)37-11-2-12-37/h1,3-4,7-8,15-16,18-20,24,28,34H,2,5-6,9-14,17H2,(H,35,40,41). The van der Waals surface area contributed by atoms with Crippen molar-refractivity contribution >= 4 is 35.0 Å². The van der Waals surface area contributed by atoms with E-state index in [1.807, 2.05) is 6.07 Å². The van der Waals surface area contributed by atoms with E-state index in [4.69, 9.17) is 5.10 Å². The highest BCUT2D eigenvalue weighted by molar-refractivity contribution is 6.23. The fourth-order valence-corrected chi connectivity index (χ4v) is 6.84. The minimum Gasteiger partial charge on any atom is -0.385 e. The first kappa shape index (κ1) is 26.2. The average molecular weight is 579 g/mol. The number of hydrogen-bond donors (Lipinski definition) is 2. The second-order valence-electron chi connectivity index (χ2n) is 12.7. The van der Waals surface area contributed by atoms with Gasteiger partial charge < -0.3 is 10.2 Å². The summed E-state index contributed by atoms with van der Waals surface area (Å²) in [6.07, 6.45) is 8.26. The van der Waals surface area contributed by atoms with Gasteiger partial charge in [-0.15, -0.1) is 0 Å². The Morgan fingerprint density at radius 1 is 0.907 bits per heavy atom. The maximum absolute atomic E-state index is 13.1. The minimum atomic E-state index is -0.957. The Kier molecular flexibility index (Phi) is 6.13. The van der Waals surface area contributed by atoms with E-state index in [0.29, 0.717) is 29.0 Å². The van der Waals surface area contributed by atoms with Crippen LogP contribution in [0.2, 0.25) is 0 Å². The van der Waals surface area contributed by atoms with Crippen molar-refractivity contribution in [2.24, 2.45) is 5.92 Å². The zero-order valence-electron chi connectivity index (χ0n) is 23.9. The van der Waals surface area contributed by atoms with Crippen molar-refractivity contribution in [2.75, 3.05) is 29.9 Å². The lowest BCUT2D eigenvalue weighted by atomic mass is 9.80. The minimum absolute atomic E-state index is 0.104. The Morgan fingerprint density at radius 2 is 1.72 bits per heavy atom. The van der Waals surface area contributed by atoms with Gasteiger partial charge in [0.25, 0.3) is 11.8 Å². The van der Waals surface area contributed by atoms with Crippen LogP contribution in [-0.2, 0) is 9.59 Å². The topological polar surface area (TPSA) is 117 Å². The number of carbonyl (C=O) groups excluding carboxylic acids is 4. The Bertz CT molecular complexity index is 1670. The van der Waals surface area contributed by atoms with Crippen LogP contribution in [0, 0.1) is 5.92 Å². The van der Waals surface area contributed by atoms with Crippen LogP contribution in [-0.4, -0.2) is 64.0 Å². The normalized spacial score (nSPS) is 24.9. The van der Waals surface area contributed by atoms with Crippen LogP contribution >= 0.6 is 0 Å². The van der Waals surface area contributed by atoms with E-state index in [0.717, 1.165) is 43.1 Å². The number of carbonyl (C=O) groups is 4. The average Bonchev–Trinajstić information content (AvgIpc) is 3.65. The second-order valence-corrected chi connectivity index (χ2v) is 12.7. The SMILES string of the molecule is O=C1CCC(N2C(=O)c3ccc(NCC4CC(n5cc(-c6cccc(N7CCC7)c6)c(C6CC6)n5)C4)cc3C2=O)C(=O)N1. The first-order valence-corrected chi connectivity index (χ1v) is 15.5. The number of amides is 4. The highest BCUT2D eigenvalue weighted by Gasteiger charge is 2.44. The molecule has 4 fully saturated rings. The molecule has 3 aliphatic heterocycles. The molecule has 2 aliphatic carbocycles. The van der Waals surface area contributed by atoms with Gasteiger partial charge in [0, 0.05) is 55.1 Å². The van der Waals surface area contributed by atoms with Gasteiger partial charge in [-0.25, -0.2) is 0 Å². The van der Waals surface area contributed by atoms with Crippen LogP contribution < -0.4 is 15.5 Å². The third-order valence-corrected chi connectivity index (χ3v) is 9.72. The number of benzene rings is 2. The molecule has 0 radical (unpaired) electrons. The van der Waals surface area contributed by atoms with E-state index >= 15 is 0 Å². The zero-order chi connectivity index (χ0) is 29.2. The van der Waals surface area contributed by atoms with Crippen molar-refractivity contribution in [3.63, 3.8) is 0 Å². The predicted octanol–water partition coefficient (Wildman–Crippen LogP) is 4.10. The summed E-state index contributed by atoms with van der Waals surface area (Å²) in [5, 5.41) is 10.8. The van der Waals surface area contributed by atoms with Crippen molar-refractivity contribution in [3.05, 3.63) is 65.5 Å². The molecule has 1 unspecified atom stereocenters. The van der Waals surface area contributed by atoms with Gasteiger partial charge in [-0.3, -0.25) is 34.1 Å². The lowest BCUT2D eigenvalue weighted by Gasteiger charge is -2.35. The maximum Gasteiger partial charge on any atom is 0.262 e. The Balaban J connectivity index is 0.911. The van der Waals surface area contributed by atoms with Crippen molar-refractivity contribution in [2.45, 2.75) is 62.9 Å². The number of piperidine rings is 1. The number of hydrogen-bond acceptors (Lipinski definition) is 7. The second kappa shape index (κ2) is 10.1.